The average molecular weight is 303 g/mol. The molecule has 1 heterocycles. The van der Waals surface area contributed by atoms with E-state index in [1.807, 2.05) is 0 Å². The highest BCUT2D eigenvalue weighted by atomic mass is 19.4. The predicted octanol–water partition coefficient (Wildman–Crippen LogP) is 1.28. The molecule has 0 unspecified atom stereocenters. The van der Waals surface area contributed by atoms with E-state index in [1.165, 1.54) is 6.07 Å². The van der Waals surface area contributed by atoms with Crippen molar-refractivity contribution < 1.29 is 17.6 Å². The molecule has 0 saturated carbocycles. The van der Waals surface area contributed by atoms with Crippen LogP contribution in [0.4, 0.5) is 23.2 Å². The maximum Gasteiger partial charge on any atom is 0.431 e. The third-order valence-corrected chi connectivity index (χ3v) is 2.82. The van der Waals surface area contributed by atoms with Crippen LogP contribution in [0.3, 0.4) is 0 Å². The fraction of sp³-hybridized carbons (Fsp3) is 0.167. The number of nitrogens with two attached hydrogens (primary N) is 1. The lowest BCUT2D eigenvalue weighted by Gasteiger charge is -2.14. The SMILES string of the molecule is Cn1c(C(F)(F)F)cc(=O)n(-c2ccc(N)cc2F)c1=O. The van der Waals surface area contributed by atoms with Crippen molar-refractivity contribution in [2.24, 2.45) is 7.05 Å². The first kappa shape index (κ1) is 14.8. The molecular formula is C12H9F4N3O2. The van der Waals surface area contributed by atoms with Crippen LogP contribution in [-0.4, -0.2) is 9.13 Å². The number of alkyl halides is 3. The highest BCUT2D eigenvalue weighted by Crippen LogP contribution is 2.27. The zero-order valence-electron chi connectivity index (χ0n) is 10.6. The Hall–Kier alpha value is -2.58. The first-order valence-electron chi connectivity index (χ1n) is 5.58. The van der Waals surface area contributed by atoms with Crippen LogP contribution in [0.5, 0.6) is 0 Å². The van der Waals surface area contributed by atoms with Crippen LogP contribution in [0.1, 0.15) is 5.69 Å². The van der Waals surface area contributed by atoms with Gasteiger partial charge in [0, 0.05) is 18.8 Å². The van der Waals surface area contributed by atoms with E-state index >= 15 is 0 Å². The Balaban J connectivity index is 2.82. The lowest BCUT2D eigenvalue weighted by Crippen LogP contribution is -2.41. The number of hydrogen-bond acceptors (Lipinski definition) is 3. The van der Waals surface area contributed by atoms with Gasteiger partial charge in [-0.3, -0.25) is 9.36 Å². The van der Waals surface area contributed by atoms with E-state index in [2.05, 4.69) is 0 Å². The molecule has 2 rings (SSSR count). The standard InChI is InChI=1S/C12H9F4N3O2/c1-18-9(12(14,15)16)5-10(20)19(11(18)21)8-3-2-6(17)4-7(8)13/h2-5H,17H2,1H3. The van der Waals surface area contributed by atoms with E-state index in [0.29, 0.717) is 4.57 Å². The molecule has 2 N–H and O–H groups in total. The van der Waals surface area contributed by atoms with Crippen molar-refractivity contribution in [3.63, 3.8) is 0 Å². The lowest BCUT2D eigenvalue weighted by atomic mass is 10.2. The Morgan fingerprint density at radius 3 is 2.29 bits per heavy atom. The third kappa shape index (κ3) is 2.54. The van der Waals surface area contributed by atoms with E-state index < -0.39 is 34.6 Å². The number of anilines is 1. The molecule has 0 saturated heterocycles. The van der Waals surface area contributed by atoms with Gasteiger partial charge in [0.05, 0.1) is 5.69 Å². The summed E-state index contributed by atoms with van der Waals surface area (Å²) in [6.45, 7) is 0. The minimum absolute atomic E-state index is 0.0491. The second-order valence-electron chi connectivity index (χ2n) is 4.25. The summed E-state index contributed by atoms with van der Waals surface area (Å²) in [5.41, 5.74) is 0.911. The topological polar surface area (TPSA) is 70.0 Å². The molecule has 1 aromatic heterocycles. The van der Waals surface area contributed by atoms with Crippen LogP contribution in [-0.2, 0) is 13.2 Å². The van der Waals surface area contributed by atoms with Crippen LogP contribution < -0.4 is 17.0 Å². The summed E-state index contributed by atoms with van der Waals surface area (Å²) >= 11 is 0. The molecule has 9 heteroatoms. The van der Waals surface area contributed by atoms with Crippen molar-refractivity contribution in [3.8, 4) is 5.69 Å². The number of rotatable bonds is 1. The van der Waals surface area contributed by atoms with Crippen molar-refractivity contribution >= 4 is 5.69 Å². The Morgan fingerprint density at radius 2 is 1.76 bits per heavy atom. The molecule has 112 valence electrons. The fourth-order valence-electron chi connectivity index (χ4n) is 1.82. The summed E-state index contributed by atoms with van der Waals surface area (Å²) in [6, 6.07) is 3.36. The smallest absolute Gasteiger partial charge is 0.399 e. The summed E-state index contributed by atoms with van der Waals surface area (Å²) in [6.07, 6.45) is -4.87. The van der Waals surface area contributed by atoms with Gasteiger partial charge < -0.3 is 5.73 Å². The molecule has 0 fully saturated rings. The van der Waals surface area contributed by atoms with Gasteiger partial charge in [-0.15, -0.1) is 0 Å². The highest BCUT2D eigenvalue weighted by molar-refractivity contribution is 5.46. The Kier molecular flexibility index (Phi) is 3.36. The van der Waals surface area contributed by atoms with Crippen LogP contribution in [0.2, 0.25) is 0 Å². The largest absolute Gasteiger partial charge is 0.431 e. The van der Waals surface area contributed by atoms with Crippen LogP contribution in [0, 0.1) is 5.82 Å². The second-order valence-corrected chi connectivity index (χ2v) is 4.25. The minimum Gasteiger partial charge on any atom is -0.399 e. The average Bonchev–Trinajstić information content (AvgIpc) is 2.35. The Bertz CT molecular complexity index is 821. The molecule has 0 radical (unpaired) electrons. The molecule has 0 aliphatic rings. The molecule has 0 aliphatic heterocycles. The zero-order chi connectivity index (χ0) is 15.9. The fourth-order valence-corrected chi connectivity index (χ4v) is 1.82. The first-order valence-corrected chi connectivity index (χ1v) is 5.58. The molecule has 0 aliphatic carbocycles. The molecule has 0 spiro atoms. The molecule has 0 amide bonds. The number of nitrogen functional groups attached to an aromatic ring is 1. The maximum absolute atomic E-state index is 13.8. The van der Waals surface area contributed by atoms with Gasteiger partial charge in [0.15, 0.2) is 0 Å². The Labute approximate surface area is 114 Å². The van der Waals surface area contributed by atoms with Gasteiger partial charge in [-0.05, 0) is 18.2 Å². The van der Waals surface area contributed by atoms with Gasteiger partial charge in [-0.1, -0.05) is 0 Å². The van der Waals surface area contributed by atoms with Crippen molar-refractivity contribution in [3.05, 3.63) is 56.6 Å². The van der Waals surface area contributed by atoms with Gasteiger partial charge in [-0.2, -0.15) is 13.2 Å². The first-order chi connectivity index (χ1) is 9.62. The van der Waals surface area contributed by atoms with E-state index in [4.69, 9.17) is 5.73 Å². The predicted molar refractivity (Wildman–Crippen MR) is 66.7 cm³/mol. The molecule has 0 atom stereocenters. The van der Waals surface area contributed by atoms with Gasteiger partial charge in [0.2, 0.25) is 0 Å². The molecule has 1 aromatic carbocycles. The van der Waals surface area contributed by atoms with Crippen molar-refractivity contribution in [1.82, 2.24) is 9.13 Å². The highest BCUT2D eigenvalue weighted by Gasteiger charge is 2.35. The van der Waals surface area contributed by atoms with Crippen LogP contribution in [0.15, 0.2) is 33.9 Å². The molecule has 2 aromatic rings. The summed E-state index contributed by atoms with van der Waals surface area (Å²) in [5.74, 6) is -0.992. The quantitative estimate of drug-likeness (QED) is 0.637. The Morgan fingerprint density at radius 1 is 1.14 bits per heavy atom. The van der Waals surface area contributed by atoms with Crippen molar-refractivity contribution in [2.75, 3.05) is 5.73 Å². The normalized spacial score (nSPS) is 11.7. The zero-order valence-corrected chi connectivity index (χ0v) is 10.6. The molecule has 21 heavy (non-hydrogen) atoms. The van der Waals surface area contributed by atoms with Gasteiger partial charge >= 0.3 is 11.9 Å². The maximum atomic E-state index is 13.8. The van der Waals surface area contributed by atoms with E-state index in [-0.39, 0.29) is 16.3 Å². The summed E-state index contributed by atoms with van der Waals surface area (Å²) in [5, 5.41) is 0. The number of benzene rings is 1. The lowest BCUT2D eigenvalue weighted by molar-refractivity contribution is -0.144. The number of halogens is 4. The molecule has 0 bridgehead atoms. The summed E-state index contributed by atoms with van der Waals surface area (Å²) in [4.78, 5) is 23.7. The number of hydrogen-bond donors (Lipinski definition) is 1. The minimum atomic E-state index is -4.87. The third-order valence-electron chi connectivity index (χ3n) is 2.82. The number of aromatic nitrogens is 2. The van der Waals surface area contributed by atoms with E-state index in [0.717, 1.165) is 19.2 Å². The summed E-state index contributed by atoms with van der Waals surface area (Å²) in [7, 11) is 0.844. The van der Waals surface area contributed by atoms with Crippen molar-refractivity contribution in [2.45, 2.75) is 6.18 Å². The van der Waals surface area contributed by atoms with E-state index in [9.17, 15) is 27.2 Å². The van der Waals surface area contributed by atoms with Gasteiger partial charge in [0.25, 0.3) is 5.56 Å². The van der Waals surface area contributed by atoms with Crippen molar-refractivity contribution in [1.29, 1.82) is 0 Å². The second kappa shape index (κ2) is 4.76. The monoisotopic (exact) mass is 303 g/mol. The molecular weight excluding hydrogens is 294 g/mol. The summed E-state index contributed by atoms with van der Waals surface area (Å²) < 4.78 is 52.3. The van der Waals surface area contributed by atoms with E-state index in [1.54, 1.807) is 0 Å². The van der Waals surface area contributed by atoms with Gasteiger partial charge in [0.1, 0.15) is 11.5 Å². The van der Waals surface area contributed by atoms with Crippen LogP contribution in [0.25, 0.3) is 5.69 Å². The number of nitrogens with zero attached hydrogens (tertiary/aromatic N) is 2. The van der Waals surface area contributed by atoms with Gasteiger partial charge in [-0.25, -0.2) is 13.8 Å². The molecule has 5 nitrogen and oxygen atoms in total. The van der Waals surface area contributed by atoms with Crippen LogP contribution >= 0.6 is 0 Å².